The highest BCUT2D eigenvalue weighted by atomic mass is 16.2. The van der Waals surface area contributed by atoms with Gasteiger partial charge in [0.2, 0.25) is 5.91 Å². The van der Waals surface area contributed by atoms with Crippen LogP contribution in [0.5, 0.6) is 0 Å². The summed E-state index contributed by atoms with van der Waals surface area (Å²) >= 11 is 0. The maximum Gasteiger partial charge on any atom is 0.235 e. The minimum Gasteiger partial charge on any atom is -0.385 e. The topological polar surface area (TPSA) is 67.1 Å². The zero-order chi connectivity index (χ0) is 9.52. The number of nitrogens with two attached hydrogens (primary N) is 1. The van der Waals surface area contributed by atoms with Crippen LogP contribution < -0.4 is 16.6 Å². The Kier molecular flexibility index (Phi) is 3.78. The molecule has 1 aromatic rings. The fraction of sp³-hybridized carbons (Fsp3) is 0.222. The van der Waals surface area contributed by atoms with Gasteiger partial charge in [0, 0.05) is 18.7 Å². The Hall–Kier alpha value is -1.55. The van der Waals surface area contributed by atoms with E-state index in [0.717, 1.165) is 5.69 Å². The molecule has 0 aliphatic heterocycles. The fourth-order valence-electron chi connectivity index (χ4n) is 0.949. The largest absolute Gasteiger partial charge is 0.385 e. The number of para-hydroxylation sites is 1. The summed E-state index contributed by atoms with van der Waals surface area (Å²) in [6.07, 6.45) is 0.380. The molecule has 1 rings (SSSR count). The third-order valence-electron chi connectivity index (χ3n) is 1.62. The SMILES string of the molecule is NNC(=O)CCNc1ccccc1. The number of hydrazine groups is 1. The second-order valence-electron chi connectivity index (χ2n) is 2.61. The van der Waals surface area contributed by atoms with E-state index in [1.165, 1.54) is 0 Å². The zero-order valence-electron chi connectivity index (χ0n) is 7.29. The number of hydrogen-bond acceptors (Lipinski definition) is 3. The number of hydrogen-bond donors (Lipinski definition) is 3. The number of amides is 1. The molecular formula is C9H13N3O. The van der Waals surface area contributed by atoms with Gasteiger partial charge in [0.05, 0.1) is 0 Å². The van der Waals surface area contributed by atoms with Crippen LogP contribution in [0.2, 0.25) is 0 Å². The molecule has 0 spiro atoms. The molecule has 0 unspecified atom stereocenters. The molecule has 70 valence electrons. The Labute approximate surface area is 77.1 Å². The van der Waals surface area contributed by atoms with E-state index in [4.69, 9.17) is 5.84 Å². The van der Waals surface area contributed by atoms with Crippen LogP contribution in [-0.2, 0) is 4.79 Å². The Morgan fingerprint density at radius 1 is 1.31 bits per heavy atom. The summed E-state index contributed by atoms with van der Waals surface area (Å²) in [5.41, 5.74) is 3.08. The summed E-state index contributed by atoms with van der Waals surface area (Å²) in [6, 6.07) is 9.70. The first kappa shape index (κ1) is 9.54. The maximum absolute atomic E-state index is 10.7. The van der Waals surface area contributed by atoms with E-state index in [1.807, 2.05) is 30.3 Å². The van der Waals surface area contributed by atoms with Crippen molar-refractivity contribution >= 4 is 11.6 Å². The average Bonchev–Trinajstić information content (AvgIpc) is 2.19. The van der Waals surface area contributed by atoms with Gasteiger partial charge in [0.25, 0.3) is 0 Å². The Morgan fingerprint density at radius 2 is 2.00 bits per heavy atom. The van der Waals surface area contributed by atoms with Crippen molar-refractivity contribution in [1.82, 2.24) is 5.43 Å². The van der Waals surface area contributed by atoms with Crippen LogP contribution in [0.4, 0.5) is 5.69 Å². The lowest BCUT2D eigenvalue weighted by molar-refractivity contribution is -0.120. The first-order chi connectivity index (χ1) is 6.33. The number of rotatable bonds is 4. The van der Waals surface area contributed by atoms with Gasteiger partial charge < -0.3 is 5.32 Å². The summed E-state index contributed by atoms with van der Waals surface area (Å²) < 4.78 is 0. The van der Waals surface area contributed by atoms with Crippen molar-refractivity contribution in [1.29, 1.82) is 0 Å². The van der Waals surface area contributed by atoms with Gasteiger partial charge in [-0.3, -0.25) is 10.2 Å². The lowest BCUT2D eigenvalue weighted by Crippen LogP contribution is -2.31. The molecule has 1 amide bonds. The summed E-state index contributed by atoms with van der Waals surface area (Å²) in [6.45, 7) is 0.590. The second-order valence-corrected chi connectivity index (χ2v) is 2.61. The molecule has 4 N–H and O–H groups in total. The molecule has 4 heteroatoms. The van der Waals surface area contributed by atoms with Crippen molar-refractivity contribution in [3.05, 3.63) is 30.3 Å². The normalized spacial score (nSPS) is 9.31. The number of carbonyl (C=O) groups excluding carboxylic acids is 1. The third-order valence-corrected chi connectivity index (χ3v) is 1.62. The van der Waals surface area contributed by atoms with Crippen molar-refractivity contribution in [3.8, 4) is 0 Å². The summed E-state index contributed by atoms with van der Waals surface area (Å²) in [4.78, 5) is 10.7. The van der Waals surface area contributed by atoms with Gasteiger partial charge >= 0.3 is 0 Å². The molecule has 0 aromatic heterocycles. The van der Waals surface area contributed by atoms with Crippen LogP contribution in [-0.4, -0.2) is 12.5 Å². The lowest BCUT2D eigenvalue weighted by Gasteiger charge is -2.04. The van der Waals surface area contributed by atoms with Crippen LogP contribution >= 0.6 is 0 Å². The predicted molar refractivity (Wildman–Crippen MR) is 51.9 cm³/mol. The minimum atomic E-state index is -0.163. The molecule has 0 heterocycles. The number of carbonyl (C=O) groups is 1. The van der Waals surface area contributed by atoms with Gasteiger partial charge in [-0.1, -0.05) is 18.2 Å². The van der Waals surface area contributed by atoms with E-state index < -0.39 is 0 Å². The lowest BCUT2D eigenvalue weighted by atomic mass is 10.3. The fourth-order valence-corrected chi connectivity index (χ4v) is 0.949. The highest BCUT2D eigenvalue weighted by Crippen LogP contribution is 2.03. The minimum absolute atomic E-state index is 0.163. The summed E-state index contributed by atoms with van der Waals surface area (Å²) in [7, 11) is 0. The van der Waals surface area contributed by atoms with Crippen LogP contribution in [0.3, 0.4) is 0 Å². The van der Waals surface area contributed by atoms with Crippen molar-refractivity contribution in [3.63, 3.8) is 0 Å². The van der Waals surface area contributed by atoms with Crippen molar-refractivity contribution in [2.24, 2.45) is 5.84 Å². The van der Waals surface area contributed by atoms with Gasteiger partial charge in [-0.2, -0.15) is 0 Å². The summed E-state index contributed by atoms with van der Waals surface area (Å²) in [5.74, 6) is 4.76. The molecule has 0 bridgehead atoms. The van der Waals surface area contributed by atoms with Crippen LogP contribution in [0.1, 0.15) is 6.42 Å². The van der Waals surface area contributed by atoms with Crippen molar-refractivity contribution < 1.29 is 4.79 Å². The van der Waals surface area contributed by atoms with Gasteiger partial charge in [0.15, 0.2) is 0 Å². The molecular weight excluding hydrogens is 166 g/mol. The highest BCUT2D eigenvalue weighted by molar-refractivity contribution is 5.75. The maximum atomic E-state index is 10.7. The number of anilines is 1. The van der Waals surface area contributed by atoms with Crippen LogP contribution in [0, 0.1) is 0 Å². The molecule has 0 aliphatic rings. The predicted octanol–water partition coefficient (Wildman–Crippen LogP) is 0.478. The molecule has 0 aliphatic carbocycles. The summed E-state index contributed by atoms with van der Waals surface area (Å²) in [5, 5.41) is 3.09. The molecule has 0 atom stereocenters. The highest BCUT2D eigenvalue weighted by Gasteiger charge is 1.96. The van der Waals surface area contributed by atoms with E-state index >= 15 is 0 Å². The van der Waals surface area contributed by atoms with Gasteiger partial charge in [0.1, 0.15) is 0 Å². The first-order valence-electron chi connectivity index (χ1n) is 4.11. The Morgan fingerprint density at radius 3 is 2.62 bits per heavy atom. The monoisotopic (exact) mass is 179 g/mol. The standard InChI is InChI=1S/C9H13N3O/c10-12-9(13)6-7-11-8-4-2-1-3-5-8/h1-5,11H,6-7,10H2,(H,12,13). The molecule has 0 saturated carbocycles. The molecule has 1 aromatic carbocycles. The van der Waals surface area contributed by atoms with Gasteiger partial charge in [-0.05, 0) is 12.1 Å². The Balaban J connectivity index is 2.24. The van der Waals surface area contributed by atoms with Gasteiger partial charge in [-0.15, -0.1) is 0 Å². The molecule has 0 saturated heterocycles. The second kappa shape index (κ2) is 5.16. The number of nitrogens with one attached hydrogen (secondary N) is 2. The Bertz CT molecular complexity index is 261. The van der Waals surface area contributed by atoms with E-state index in [2.05, 4.69) is 10.7 Å². The smallest absolute Gasteiger partial charge is 0.235 e. The average molecular weight is 179 g/mol. The van der Waals surface area contributed by atoms with E-state index in [-0.39, 0.29) is 5.91 Å². The van der Waals surface area contributed by atoms with Crippen molar-refractivity contribution in [2.75, 3.05) is 11.9 Å². The number of benzene rings is 1. The first-order valence-corrected chi connectivity index (χ1v) is 4.11. The van der Waals surface area contributed by atoms with E-state index in [0.29, 0.717) is 13.0 Å². The quantitative estimate of drug-likeness (QED) is 0.358. The molecule has 0 radical (unpaired) electrons. The molecule has 4 nitrogen and oxygen atoms in total. The zero-order valence-corrected chi connectivity index (χ0v) is 7.29. The van der Waals surface area contributed by atoms with Crippen LogP contribution in [0.25, 0.3) is 0 Å². The molecule has 0 fully saturated rings. The van der Waals surface area contributed by atoms with E-state index in [9.17, 15) is 4.79 Å². The van der Waals surface area contributed by atoms with E-state index in [1.54, 1.807) is 0 Å². The molecule has 13 heavy (non-hydrogen) atoms. The van der Waals surface area contributed by atoms with Crippen LogP contribution in [0.15, 0.2) is 30.3 Å². The third kappa shape index (κ3) is 3.57. The van der Waals surface area contributed by atoms with Gasteiger partial charge in [-0.25, -0.2) is 5.84 Å². The van der Waals surface area contributed by atoms with Crippen molar-refractivity contribution in [2.45, 2.75) is 6.42 Å².